The number of piperidine rings is 1. The summed E-state index contributed by atoms with van der Waals surface area (Å²) in [5.41, 5.74) is 0. The first kappa shape index (κ1) is 10.9. The van der Waals surface area contributed by atoms with Crippen molar-refractivity contribution in [1.29, 1.82) is 0 Å². The molecule has 1 atom stereocenters. The summed E-state index contributed by atoms with van der Waals surface area (Å²) < 4.78 is 0. The second kappa shape index (κ2) is 4.94. The lowest BCUT2D eigenvalue weighted by molar-refractivity contribution is 0.208. The van der Waals surface area contributed by atoms with E-state index in [1.165, 1.54) is 25.9 Å². The highest BCUT2D eigenvalue weighted by molar-refractivity contribution is 7.13. The van der Waals surface area contributed by atoms with E-state index in [4.69, 9.17) is 0 Å². The van der Waals surface area contributed by atoms with Gasteiger partial charge in [-0.2, -0.15) is 0 Å². The average molecular weight is 225 g/mol. The van der Waals surface area contributed by atoms with E-state index in [0.717, 1.165) is 11.0 Å². The first-order valence-corrected chi connectivity index (χ1v) is 6.48. The van der Waals surface area contributed by atoms with E-state index in [1.54, 1.807) is 11.3 Å². The van der Waals surface area contributed by atoms with Crippen LogP contribution in [-0.4, -0.2) is 36.1 Å². The highest BCUT2D eigenvalue weighted by Gasteiger charge is 2.22. The van der Waals surface area contributed by atoms with E-state index in [2.05, 4.69) is 29.2 Å². The van der Waals surface area contributed by atoms with Crippen molar-refractivity contribution < 1.29 is 0 Å². The highest BCUT2D eigenvalue weighted by atomic mass is 32.1. The van der Waals surface area contributed by atoms with Crippen molar-refractivity contribution in [3.63, 3.8) is 0 Å². The molecule has 2 heterocycles. The number of nitrogens with zero attached hydrogens (tertiary/aromatic N) is 2. The molecule has 0 bridgehead atoms. The van der Waals surface area contributed by atoms with Crippen LogP contribution in [0.15, 0.2) is 11.6 Å². The Morgan fingerprint density at radius 2 is 2.27 bits per heavy atom. The standard InChI is InChI=1S/C11H19N3S/c1-9(13-11-12-5-8-15-11)10-3-6-14(2)7-4-10/h5,8-10H,3-4,6-7H2,1-2H3,(H,12,13). The predicted molar refractivity (Wildman–Crippen MR) is 65.4 cm³/mol. The van der Waals surface area contributed by atoms with Crippen molar-refractivity contribution in [2.45, 2.75) is 25.8 Å². The minimum Gasteiger partial charge on any atom is -0.359 e. The van der Waals surface area contributed by atoms with Crippen molar-refractivity contribution in [2.24, 2.45) is 5.92 Å². The van der Waals surface area contributed by atoms with Crippen molar-refractivity contribution in [1.82, 2.24) is 9.88 Å². The van der Waals surface area contributed by atoms with Crippen LogP contribution in [0.2, 0.25) is 0 Å². The SMILES string of the molecule is CC(Nc1nccs1)C1CCN(C)CC1. The first-order valence-electron chi connectivity index (χ1n) is 5.60. The van der Waals surface area contributed by atoms with Gasteiger partial charge in [-0.25, -0.2) is 4.98 Å². The molecular weight excluding hydrogens is 206 g/mol. The number of anilines is 1. The molecular formula is C11H19N3S. The number of thiazole rings is 1. The molecule has 1 saturated heterocycles. The molecule has 4 heteroatoms. The molecule has 1 N–H and O–H groups in total. The molecule has 0 aliphatic carbocycles. The molecule has 84 valence electrons. The van der Waals surface area contributed by atoms with E-state index >= 15 is 0 Å². The van der Waals surface area contributed by atoms with Crippen LogP contribution in [0, 0.1) is 5.92 Å². The smallest absolute Gasteiger partial charge is 0.182 e. The van der Waals surface area contributed by atoms with E-state index in [0.29, 0.717) is 6.04 Å². The molecule has 0 radical (unpaired) electrons. The van der Waals surface area contributed by atoms with Gasteiger partial charge in [0.05, 0.1) is 0 Å². The van der Waals surface area contributed by atoms with Gasteiger partial charge in [0.15, 0.2) is 5.13 Å². The summed E-state index contributed by atoms with van der Waals surface area (Å²) in [6.07, 6.45) is 4.46. The van der Waals surface area contributed by atoms with Crippen molar-refractivity contribution in [2.75, 3.05) is 25.5 Å². The van der Waals surface area contributed by atoms with Gasteiger partial charge >= 0.3 is 0 Å². The molecule has 1 aliphatic heterocycles. The van der Waals surface area contributed by atoms with Gasteiger partial charge in [0, 0.05) is 17.6 Å². The van der Waals surface area contributed by atoms with Crippen molar-refractivity contribution >= 4 is 16.5 Å². The van der Waals surface area contributed by atoms with Crippen LogP contribution in [0.3, 0.4) is 0 Å². The lowest BCUT2D eigenvalue weighted by atomic mass is 9.91. The largest absolute Gasteiger partial charge is 0.359 e. The summed E-state index contributed by atoms with van der Waals surface area (Å²) in [6.45, 7) is 4.74. The van der Waals surface area contributed by atoms with E-state index < -0.39 is 0 Å². The third-order valence-electron chi connectivity index (χ3n) is 3.25. The van der Waals surface area contributed by atoms with Gasteiger partial charge in [-0.1, -0.05) is 0 Å². The molecule has 0 spiro atoms. The minimum atomic E-state index is 0.546. The maximum Gasteiger partial charge on any atom is 0.182 e. The fourth-order valence-corrected chi connectivity index (χ4v) is 2.76. The van der Waals surface area contributed by atoms with E-state index in [-0.39, 0.29) is 0 Å². The normalized spacial score (nSPS) is 21.5. The zero-order chi connectivity index (χ0) is 10.7. The summed E-state index contributed by atoms with van der Waals surface area (Å²) >= 11 is 1.68. The number of nitrogens with one attached hydrogen (secondary N) is 1. The summed E-state index contributed by atoms with van der Waals surface area (Å²) in [4.78, 5) is 6.67. The average Bonchev–Trinajstić information content (AvgIpc) is 2.71. The molecule has 15 heavy (non-hydrogen) atoms. The number of hydrogen-bond acceptors (Lipinski definition) is 4. The molecule has 0 amide bonds. The Hall–Kier alpha value is -0.610. The molecule has 1 unspecified atom stereocenters. The third-order valence-corrected chi connectivity index (χ3v) is 3.96. The van der Waals surface area contributed by atoms with Crippen molar-refractivity contribution in [3.8, 4) is 0 Å². The Morgan fingerprint density at radius 1 is 1.53 bits per heavy atom. The second-order valence-corrected chi connectivity index (χ2v) is 5.31. The molecule has 3 nitrogen and oxygen atoms in total. The van der Waals surface area contributed by atoms with Gasteiger partial charge < -0.3 is 10.2 Å². The topological polar surface area (TPSA) is 28.2 Å². The monoisotopic (exact) mass is 225 g/mol. The van der Waals surface area contributed by atoms with Crippen LogP contribution in [0.25, 0.3) is 0 Å². The Labute approximate surface area is 95.5 Å². The molecule has 0 saturated carbocycles. The van der Waals surface area contributed by atoms with Crippen LogP contribution >= 0.6 is 11.3 Å². The lowest BCUT2D eigenvalue weighted by Crippen LogP contribution is -2.37. The second-order valence-electron chi connectivity index (χ2n) is 4.41. The molecule has 2 rings (SSSR count). The number of rotatable bonds is 3. The summed E-state index contributed by atoms with van der Waals surface area (Å²) in [5, 5.41) is 6.57. The zero-order valence-electron chi connectivity index (χ0n) is 9.44. The molecule has 1 aromatic heterocycles. The molecule has 0 aromatic carbocycles. The Bertz CT molecular complexity index is 278. The lowest BCUT2D eigenvalue weighted by Gasteiger charge is -2.32. The van der Waals surface area contributed by atoms with E-state index in [9.17, 15) is 0 Å². The number of aromatic nitrogens is 1. The maximum absolute atomic E-state index is 4.26. The third kappa shape index (κ3) is 2.92. The zero-order valence-corrected chi connectivity index (χ0v) is 10.3. The van der Waals surface area contributed by atoms with Gasteiger partial charge in [-0.15, -0.1) is 11.3 Å². The van der Waals surface area contributed by atoms with Crippen LogP contribution in [0.5, 0.6) is 0 Å². The number of likely N-dealkylation sites (tertiary alicyclic amines) is 1. The van der Waals surface area contributed by atoms with Gasteiger partial charge in [0.25, 0.3) is 0 Å². The molecule has 1 fully saturated rings. The van der Waals surface area contributed by atoms with Crippen LogP contribution in [0.4, 0.5) is 5.13 Å². The number of hydrogen-bond donors (Lipinski definition) is 1. The van der Waals surface area contributed by atoms with Gasteiger partial charge in [0.1, 0.15) is 0 Å². The Balaban J connectivity index is 1.83. The Kier molecular flexibility index (Phi) is 3.59. The molecule has 1 aromatic rings. The summed E-state index contributed by atoms with van der Waals surface area (Å²) in [5.74, 6) is 0.796. The fourth-order valence-electron chi connectivity index (χ4n) is 2.14. The quantitative estimate of drug-likeness (QED) is 0.855. The predicted octanol–water partition coefficient (Wildman–Crippen LogP) is 2.29. The van der Waals surface area contributed by atoms with Gasteiger partial charge in [0.2, 0.25) is 0 Å². The van der Waals surface area contributed by atoms with Crippen LogP contribution in [-0.2, 0) is 0 Å². The summed E-state index contributed by atoms with van der Waals surface area (Å²) in [6, 6.07) is 0.546. The van der Waals surface area contributed by atoms with Crippen LogP contribution < -0.4 is 5.32 Å². The Morgan fingerprint density at radius 3 is 2.87 bits per heavy atom. The molecule has 1 aliphatic rings. The van der Waals surface area contributed by atoms with E-state index in [1.807, 2.05) is 11.6 Å². The van der Waals surface area contributed by atoms with Gasteiger partial charge in [-0.3, -0.25) is 0 Å². The maximum atomic E-state index is 4.26. The summed E-state index contributed by atoms with van der Waals surface area (Å²) in [7, 11) is 2.20. The van der Waals surface area contributed by atoms with Gasteiger partial charge in [-0.05, 0) is 45.8 Å². The highest BCUT2D eigenvalue weighted by Crippen LogP contribution is 2.23. The van der Waals surface area contributed by atoms with Crippen molar-refractivity contribution in [3.05, 3.63) is 11.6 Å². The minimum absolute atomic E-state index is 0.546. The van der Waals surface area contributed by atoms with Crippen LogP contribution in [0.1, 0.15) is 19.8 Å². The first-order chi connectivity index (χ1) is 7.25. The fraction of sp³-hybridized carbons (Fsp3) is 0.727.